The molecule has 14 nitrogen and oxygen atoms in total. The Morgan fingerprint density at radius 3 is 1.23 bits per heavy atom. The number of amides is 3. The molecule has 6 fully saturated rings. The van der Waals surface area contributed by atoms with E-state index < -0.39 is 17.2 Å². The minimum atomic E-state index is -0.713. The van der Waals surface area contributed by atoms with Crippen LogP contribution >= 0.6 is 34.8 Å². The maximum Gasteiger partial charge on any atom is 0.250 e. The van der Waals surface area contributed by atoms with Gasteiger partial charge in [-0.1, -0.05) is 144 Å². The number of Topliss-reactive ketones (excluding diaryl/α,β-unsaturated/α-hetero) is 1. The number of rotatable bonds is 24. The zero-order chi connectivity index (χ0) is 80.5. The van der Waals surface area contributed by atoms with Gasteiger partial charge in [0.25, 0.3) is 0 Å². The number of halogens is 5. The number of ketones is 1. The number of piperidine rings is 3. The standard InChI is InChI=1S/C34H35Cl2N3O3.C31H32ClN3O.C31H31F2N3O/c1-23(40)25-7-11-32(12-8-25)39-15-13-34(14-16-39,42-22-33(41)38-31-19-29(35)18-30(36)20-31)28-9-5-26(6-10-28)27-4-2-3-24(17-27)21-37;32-28-10-12-29(13-11-28)34-30(36)14-15-31(16-18-35(19-17-31)22-23-4-5-23)27-8-6-25(7-9-27)26-3-1-2-24(20-26)21-33;32-27-17-28(33)19-29(18-27)35-30(37)10-11-31(12-14-36(15-13-31)21-22-4-5-22)26-8-6-24(7-9-26)25-3-1-2-23(16-25)20-34/h2-6,9-10,17-20,25,32H,7-8,11-16,22H2,1H3,(H,38,41);1-3,6-13,20,23H,4-5,14-19,22H2,(H,34,36);1-3,6-9,16-19,22H,4-5,10-15,21H2,(H,35,37). The molecule has 19 heteroatoms. The first kappa shape index (κ1) is 83.1. The summed E-state index contributed by atoms with van der Waals surface area (Å²) in [7, 11) is 0. The summed E-state index contributed by atoms with van der Waals surface area (Å²) < 4.78 is 33.6. The molecule has 0 aromatic heterocycles. The molecular formula is C96H98Cl3F2N9O5. The largest absolute Gasteiger partial charge is 0.360 e. The van der Waals surface area contributed by atoms with Gasteiger partial charge in [-0.15, -0.1) is 0 Å². The smallest absolute Gasteiger partial charge is 0.250 e. The van der Waals surface area contributed by atoms with Crippen molar-refractivity contribution in [1.82, 2.24) is 14.7 Å². The van der Waals surface area contributed by atoms with Gasteiger partial charge in [0, 0.05) is 89.2 Å². The Kier molecular flexibility index (Phi) is 27.9. The van der Waals surface area contributed by atoms with Gasteiger partial charge in [-0.2, -0.15) is 15.8 Å². The van der Waals surface area contributed by atoms with E-state index in [0.717, 1.165) is 191 Å². The van der Waals surface area contributed by atoms with E-state index in [2.05, 4.69) is 122 Å². The molecule has 3 aliphatic heterocycles. The van der Waals surface area contributed by atoms with Gasteiger partial charge >= 0.3 is 0 Å². The highest BCUT2D eigenvalue weighted by atomic mass is 35.5. The zero-order valence-corrected chi connectivity index (χ0v) is 67.4. The van der Waals surface area contributed by atoms with Crippen LogP contribution < -0.4 is 16.0 Å². The normalized spacial score (nSPS) is 18.4. The predicted octanol–water partition coefficient (Wildman–Crippen LogP) is 21.3. The van der Waals surface area contributed by atoms with E-state index in [9.17, 15) is 43.7 Å². The molecule has 3 heterocycles. The maximum atomic E-state index is 13.6. The van der Waals surface area contributed by atoms with E-state index in [0.29, 0.717) is 62.1 Å². The molecule has 3 saturated carbocycles. The van der Waals surface area contributed by atoms with Gasteiger partial charge in [0.05, 0.1) is 40.5 Å². The molecular weight excluding hydrogens is 1500 g/mol. The Bertz CT molecular complexity index is 4960. The summed E-state index contributed by atoms with van der Waals surface area (Å²) in [6.45, 7) is 9.86. The summed E-state index contributed by atoms with van der Waals surface area (Å²) in [5, 5.41) is 37.9. The Hall–Kier alpha value is -9.90. The van der Waals surface area contributed by atoms with Crippen LogP contribution in [0.15, 0.2) is 206 Å². The van der Waals surface area contributed by atoms with Crippen molar-refractivity contribution in [2.45, 2.75) is 145 Å². The monoisotopic (exact) mass is 1600 g/mol. The topological polar surface area (TPSA) is 195 Å². The lowest BCUT2D eigenvalue weighted by atomic mass is 9.69. The van der Waals surface area contributed by atoms with Crippen molar-refractivity contribution >= 4 is 75.4 Å². The number of hydrogen-bond acceptors (Lipinski definition) is 11. The van der Waals surface area contributed by atoms with Gasteiger partial charge in [0.2, 0.25) is 17.7 Å². The van der Waals surface area contributed by atoms with Gasteiger partial charge in [-0.05, 0) is 300 Å². The number of anilines is 3. The molecule has 0 atom stereocenters. The van der Waals surface area contributed by atoms with Crippen molar-refractivity contribution in [3.63, 3.8) is 0 Å². The van der Waals surface area contributed by atoms with Gasteiger partial charge in [0.15, 0.2) is 0 Å². The molecule has 3 saturated heterocycles. The van der Waals surface area contributed by atoms with Crippen LogP contribution in [0.5, 0.6) is 0 Å². The molecule has 9 aromatic carbocycles. The molecule has 0 bridgehead atoms. The summed E-state index contributed by atoms with van der Waals surface area (Å²) in [5.41, 5.74) is 12.3. The molecule has 0 radical (unpaired) electrons. The number of nitrogens with zero attached hydrogens (tertiary/aromatic N) is 6. The SMILES string of the molecule is CC(=O)C1CCC(N2CCC(OCC(=O)Nc3cc(Cl)cc(Cl)c3)(c3ccc(-c4cccc(C#N)c4)cc3)CC2)CC1.N#Cc1cccc(-c2ccc(C3(CCC(=O)Nc4cc(F)cc(F)c4)CCN(CC4CC4)CC3)cc2)c1.N#Cc1cccc(-c2ccc(C3(CCC(=O)Nc4ccc(Cl)cc4)CCN(CC4CC4)CC3)cc2)c1. The molecule has 0 spiro atoms. The van der Waals surface area contributed by atoms with Crippen molar-refractivity contribution in [1.29, 1.82) is 15.8 Å². The first-order valence-corrected chi connectivity index (χ1v) is 41.6. The Labute approximate surface area is 689 Å². The van der Waals surface area contributed by atoms with Crippen LogP contribution in [0.1, 0.15) is 156 Å². The number of nitriles is 3. The second-order valence-electron chi connectivity index (χ2n) is 32.3. The summed E-state index contributed by atoms with van der Waals surface area (Å²) in [4.78, 5) is 58.1. The van der Waals surface area contributed by atoms with Gasteiger partial charge in [-0.25, -0.2) is 8.78 Å². The highest BCUT2D eigenvalue weighted by Crippen LogP contribution is 2.46. The zero-order valence-electron chi connectivity index (χ0n) is 65.1. The molecule has 3 N–H and O–H groups in total. The number of hydrogen-bond donors (Lipinski definition) is 3. The van der Waals surface area contributed by atoms with Crippen LogP contribution in [0.4, 0.5) is 25.8 Å². The molecule has 6 aliphatic rings. The molecule has 9 aromatic rings. The van der Waals surface area contributed by atoms with Crippen molar-refractivity contribution in [3.8, 4) is 51.6 Å². The third-order valence-electron chi connectivity index (χ3n) is 24.4. The summed E-state index contributed by atoms with van der Waals surface area (Å²) in [6, 6.07) is 70.8. The van der Waals surface area contributed by atoms with E-state index in [4.69, 9.17) is 39.5 Å². The molecule has 592 valence electrons. The fourth-order valence-electron chi connectivity index (χ4n) is 17.3. The average Bonchev–Trinajstić information content (AvgIpc) is 1.52. The number of nitrogens with one attached hydrogen (secondary N) is 3. The van der Waals surface area contributed by atoms with Crippen molar-refractivity contribution in [2.24, 2.45) is 17.8 Å². The average molecular weight is 1600 g/mol. The summed E-state index contributed by atoms with van der Waals surface area (Å²) >= 11 is 18.2. The van der Waals surface area contributed by atoms with Crippen LogP contribution in [-0.4, -0.2) is 103 Å². The molecule has 0 unspecified atom stereocenters. The second-order valence-corrected chi connectivity index (χ2v) is 33.6. The number of carbonyl (C=O) groups is 4. The fourth-order valence-corrected chi connectivity index (χ4v) is 17.9. The minimum absolute atomic E-state index is 0.00950. The number of ether oxygens (including phenoxy) is 1. The first-order chi connectivity index (χ1) is 55.7. The van der Waals surface area contributed by atoms with Gasteiger partial charge in [0.1, 0.15) is 24.0 Å². The van der Waals surface area contributed by atoms with Crippen LogP contribution in [0.2, 0.25) is 15.1 Å². The highest BCUT2D eigenvalue weighted by Gasteiger charge is 2.43. The predicted molar refractivity (Wildman–Crippen MR) is 453 cm³/mol. The van der Waals surface area contributed by atoms with Crippen molar-refractivity contribution in [3.05, 3.63) is 266 Å². The van der Waals surface area contributed by atoms with E-state index in [1.807, 2.05) is 72.8 Å². The lowest BCUT2D eigenvalue weighted by molar-refractivity contribution is -0.136. The third-order valence-corrected chi connectivity index (χ3v) is 25.1. The van der Waals surface area contributed by atoms with Crippen LogP contribution in [0.3, 0.4) is 0 Å². The highest BCUT2D eigenvalue weighted by molar-refractivity contribution is 6.35. The fraction of sp³-hybridized carbons (Fsp3) is 0.365. The second kappa shape index (κ2) is 38.7. The van der Waals surface area contributed by atoms with E-state index in [-0.39, 0.29) is 53.2 Å². The Morgan fingerprint density at radius 1 is 0.426 bits per heavy atom. The van der Waals surface area contributed by atoms with Crippen LogP contribution in [0.25, 0.3) is 33.4 Å². The van der Waals surface area contributed by atoms with Crippen LogP contribution in [0, 0.1) is 63.4 Å². The van der Waals surface area contributed by atoms with Crippen LogP contribution in [-0.2, 0) is 40.3 Å². The van der Waals surface area contributed by atoms with E-state index >= 15 is 0 Å². The molecule has 115 heavy (non-hydrogen) atoms. The minimum Gasteiger partial charge on any atom is -0.360 e. The Balaban J connectivity index is 0.000000151. The number of likely N-dealkylation sites (tertiary alicyclic amines) is 3. The van der Waals surface area contributed by atoms with Crippen molar-refractivity contribution in [2.75, 3.05) is 74.9 Å². The number of carbonyl (C=O) groups excluding carboxylic acids is 4. The third kappa shape index (κ3) is 22.8. The molecule has 3 amide bonds. The maximum absolute atomic E-state index is 13.6. The quantitative estimate of drug-likeness (QED) is 0.0521. The van der Waals surface area contributed by atoms with Crippen molar-refractivity contribution < 1.29 is 32.7 Å². The molecule has 15 rings (SSSR count). The summed E-state index contributed by atoms with van der Waals surface area (Å²) in [6.07, 6.45) is 17.2. The van der Waals surface area contributed by atoms with E-state index in [1.54, 1.807) is 49.4 Å². The first-order valence-electron chi connectivity index (χ1n) is 40.4. The lowest BCUT2D eigenvalue weighted by Gasteiger charge is -2.46. The van der Waals surface area contributed by atoms with Gasteiger partial charge in [-0.3, -0.25) is 19.2 Å². The lowest BCUT2D eigenvalue weighted by Crippen LogP contribution is -2.49. The number of benzene rings is 9. The molecule has 3 aliphatic carbocycles. The van der Waals surface area contributed by atoms with E-state index in [1.165, 1.54) is 43.4 Å². The summed E-state index contributed by atoms with van der Waals surface area (Å²) in [5.74, 6) is 0.346. The van der Waals surface area contributed by atoms with Gasteiger partial charge < -0.3 is 35.4 Å². The Morgan fingerprint density at radius 2 is 0.826 bits per heavy atom.